The molecule has 0 saturated carbocycles. The number of guanidine groups is 1. The smallest absolute Gasteiger partial charge is 0.370 e. The van der Waals surface area contributed by atoms with E-state index in [1.165, 1.54) is 0 Å². The Hall–Kier alpha value is -2.12. The number of alkyl halides is 3. The van der Waals surface area contributed by atoms with Gasteiger partial charge in [0.2, 0.25) is 0 Å². The first-order chi connectivity index (χ1) is 8.79. The van der Waals surface area contributed by atoms with Gasteiger partial charge in [0.1, 0.15) is 18.1 Å². The van der Waals surface area contributed by atoms with E-state index in [2.05, 4.69) is 26.9 Å². The topological polar surface area (TPSA) is 76.2 Å². The molecule has 0 unspecified atom stereocenters. The van der Waals surface area contributed by atoms with E-state index in [9.17, 15) is 13.2 Å². The van der Waals surface area contributed by atoms with Crippen molar-refractivity contribution in [3.63, 3.8) is 0 Å². The minimum Gasteiger partial charge on any atom is -0.370 e. The Kier molecular flexibility index (Phi) is 4.85. The van der Waals surface area contributed by atoms with Crippen LogP contribution >= 0.6 is 0 Å². The molecule has 19 heavy (non-hydrogen) atoms. The van der Waals surface area contributed by atoms with E-state index in [1.807, 2.05) is 0 Å². The van der Waals surface area contributed by atoms with E-state index < -0.39 is 11.9 Å². The van der Waals surface area contributed by atoms with Crippen LogP contribution < -0.4 is 11.1 Å². The summed E-state index contributed by atoms with van der Waals surface area (Å²) in [6.45, 7) is 5.78. The summed E-state index contributed by atoms with van der Waals surface area (Å²) >= 11 is 0. The monoisotopic (exact) mass is 273 g/mol. The maximum Gasteiger partial charge on any atom is 0.433 e. The maximum absolute atomic E-state index is 12.4. The molecule has 1 rings (SSSR count). The Morgan fingerprint density at radius 3 is 2.79 bits per heavy atom. The lowest BCUT2D eigenvalue weighted by atomic mass is 10.3. The minimum atomic E-state index is -4.49. The zero-order chi connectivity index (χ0) is 14.5. The summed E-state index contributed by atoms with van der Waals surface area (Å²) in [6, 6.07) is 0.801. The molecule has 1 aromatic heterocycles. The zero-order valence-electron chi connectivity index (χ0n) is 10.3. The van der Waals surface area contributed by atoms with Gasteiger partial charge in [-0.2, -0.15) is 13.2 Å². The van der Waals surface area contributed by atoms with Gasteiger partial charge in [0, 0.05) is 12.7 Å². The van der Waals surface area contributed by atoms with Gasteiger partial charge < -0.3 is 11.1 Å². The van der Waals surface area contributed by atoms with Crippen molar-refractivity contribution in [1.29, 1.82) is 0 Å². The third kappa shape index (κ3) is 5.36. The summed E-state index contributed by atoms with van der Waals surface area (Å²) < 4.78 is 37.2. The van der Waals surface area contributed by atoms with Gasteiger partial charge >= 0.3 is 6.18 Å². The number of nitrogens with one attached hydrogen (secondary N) is 1. The van der Waals surface area contributed by atoms with E-state index in [-0.39, 0.29) is 18.3 Å². The molecule has 0 aromatic carbocycles. The van der Waals surface area contributed by atoms with Crippen LogP contribution in [0.15, 0.2) is 29.4 Å². The summed E-state index contributed by atoms with van der Waals surface area (Å²) in [6.07, 6.45) is -3.46. The van der Waals surface area contributed by atoms with Crippen molar-refractivity contribution in [2.24, 2.45) is 10.7 Å². The van der Waals surface area contributed by atoms with Gasteiger partial charge in [-0.05, 0) is 13.0 Å². The number of nitrogens with two attached hydrogens (primary N) is 1. The van der Waals surface area contributed by atoms with Crippen LogP contribution in [0.5, 0.6) is 0 Å². The fourth-order valence-electron chi connectivity index (χ4n) is 1.09. The van der Waals surface area contributed by atoms with Gasteiger partial charge in [0.05, 0.1) is 0 Å². The highest BCUT2D eigenvalue weighted by Gasteiger charge is 2.32. The first-order valence-electron chi connectivity index (χ1n) is 5.36. The lowest BCUT2D eigenvalue weighted by molar-refractivity contribution is -0.141. The number of aromatic nitrogens is 2. The van der Waals surface area contributed by atoms with Crippen LogP contribution in [0, 0.1) is 0 Å². The fraction of sp³-hybridized carbons (Fsp3) is 0.364. The molecule has 0 atom stereocenters. The van der Waals surface area contributed by atoms with Gasteiger partial charge in [-0.3, -0.25) is 0 Å². The lowest BCUT2D eigenvalue weighted by Gasteiger charge is -2.07. The summed E-state index contributed by atoms with van der Waals surface area (Å²) in [5.41, 5.74) is 5.37. The third-order valence-electron chi connectivity index (χ3n) is 1.96. The van der Waals surface area contributed by atoms with Crippen molar-refractivity contribution in [1.82, 2.24) is 15.3 Å². The molecule has 1 heterocycles. The Balaban J connectivity index is 2.67. The van der Waals surface area contributed by atoms with Gasteiger partial charge in [-0.15, -0.1) is 0 Å². The molecule has 1 aromatic rings. The average molecular weight is 273 g/mol. The molecule has 0 saturated heterocycles. The molecule has 0 radical (unpaired) electrons. The first-order valence-corrected chi connectivity index (χ1v) is 5.36. The van der Waals surface area contributed by atoms with Crippen LogP contribution in [0.1, 0.15) is 18.4 Å². The molecule has 0 aliphatic rings. The van der Waals surface area contributed by atoms with E-state index in [1.54, 1.807) is 6.92 Å². The largest absolute Gasteiger partial charge is 0.433 e. The number of hydrogen-bond acceptors (Lipinski definition) is 3. The van der Waals surface area contributed by atoms with E-state index in [0.717, 1.165) is 17.8 Å². The quantitative estimate of drug-likeness (QED) is 0.495. The summed E-state index contributed by atoms with van der Waals surface area (Å²) in [5.74, 6) is 0.0545. The second kappa shape index (κ2) is 6.17. The number of nitrogens with zero attached hydrogens (tertiary/aromatic N) is 3. The molecule has 0 aliphatic heterocycles. The second-order valence-electron chi connectivity index (χ2n) is 3.87. The minimum absolute atomic E-state index is 0.0464. The Bertz CT molecular complexity index is 481. The average Bonchev–Trinajstić information content (AvgIpc) is 2.33. The number of hydrogen-bond donors (Lipinski definition) is 2. The molecule has 0 bridgehead atoms. The van der Waals surface area contributed by atoms with E-state index in [4.69, 9.17) is 5.73 Å². The summed E-state index contributed by atoms with van der Waals surface area (Å²) in [7, 11) is 0. The van der Waals surface area contributed by atoms with Gasteiger partial charge in [-0.1, -0.05) is 12.2 Å². The standard InChI is InChI=1S/C11H14F3N5/c1-7(2)5-17-10(15)18-6-9-16-4-3-8(19-9)11(12,13)14/h3-4H,1,5-6H2,2H3,(H3,15,17,18). The van der Waals surface area contributed by atoms with Crippen molar-refractivity contribution in [3.8, 4) is 0 Å². The molecule has 0 fully saturated rings. The first kappa shape index (κ1) is 14.9. The van der Waals surface area contributed by atoms with Gasteiger partial charge in [0.25, 0.3) is 0 Å². The highest BCUT2D eigenvalue weighted by molar-refractivity contribution is 5.77. The number of halogens is 3. The van der Waals surface area contributed by atoms with Crippen LogP contribution in [0.2, 0.25) is 0 Å². The van der Waals surface area contributed by atoms with E-state index in [0.29, 0.717) is 6.54 Å². The van der Waals surface area contributed by atoms with Crippen LogP contribution in [0.25, 0.3) is 0 Å². The van der Waals surface area contributed by atoms with Gasteiger partial charge in [-0.25, -0.2) is 15.0 Å². The lowest BCUT2D eigenvalue weighted by Crippen LogP contribution is -2.32. The molecular weight excluding hydrogens is 259 g/mol. The van der Waals surface area contributed by atoms with Crippen molar-refractivity contribution >= 4 is 5.96 Å². The van der Waals surface area contributed by atoms with Crippen LogP contribution in [0.3, 0.4) is 0 Å². The summed E-state index contributed by atoms with van der Waals surface area (Å²) in [5, 5.41) is 2.75. The second-order valence-corrected chi connectivity index (χ2v) is 3.87. The molecule has 5 nitrogen and oxygen atoms in total. The SMILES string of the molecule is C=C(C)CNC(N)=NCc1nccc(C(F)(F)F)n1. The normalized spacial score (nSPS) is 12.3. The highest BCUT2D eigenvalue weighted by Crippen LogP contribution is 2.26. The molecule has 0 amide bonds. The maximum atomic E-state index is 12.4. The number of aliphatic imine (C=N–C) groups is 1. The molecule has 3 N–H and O–H groups in total. The van der Waals surface area contributed by atoms with E-state index >= 15 is 0 Å². The van der Waals surface area contributed by atoms with Crippen molar-refractivity contribution in [3.05, 3.63) is 35.9 Å². The fourth-order valence-corrected chi connectivity index (χ4v) is 1.09. The van der Waals surface area contributed by atoms with Crippen LogP contribution in [-0.2, 0) is 12.7 Å². The highest BCUT2D eigenvalue weighted by atomic mass is 19.4. The molecular formula is C11H14F3N5. The summed E-state index contributed by atoms with van der Waals surface area (Å²) in [4.78, 5) is 10.9. The Morgan fingerprint density at radius 2 is 2.21 bits per heavy atom. The molecule has 0 aliphatic carbocycles. The third-order valence-corrected chi connectivity index (χ3v) is 1.96. The number of rotatable bonds is 4. The van der Waals surface area contributed by atoms with Crippen molar-refractivity contribution < 1.29 is 13.2 Å². The van der Waals surface area contributed by atoms with Gasteiger partial charge in [0.15, 0.2) is 5.96 Å². The Morgan fingerprint density at radius 1 is 1.53 bits per heavy atom. The van der Waals surface area contributed by atoms with Crippen molar-refractivity contribution in [2.45, 2.75) is 19.6 Å². The van der Waals surface area contributed by atoms with Crippen LogP contribution in [0.4, 0.5) is 13.2 Å². The van der Waals surface area contributed by atoms with Crippen molar-refractivity contribution in [2.75, 3.05) is 6.54 Å². The molecule has 8 heteroatoms. The predicted octanol–water partition coefficient (Wildman–Crippen LogP) is 1.48. The molecule has 104 valence electrons. The zero-order valence-corrected chi connectivity index (χ0v) is 10.3. The van der Waals surface area contributed by atoms with Crippen LogP contribution in [-0.4, -0.2) is 22.5 Å². The predicted molar refractivity (Wildman–Crippen MR) is 65.2 cm³/mol. The molecule has 0 spiro atoms. The Labute approximate surface area is 108 Å².